The zero-order chi connectivity index (χ0) is 23.7. The molecule has 0 fully saturated rings. The van der Waals surface area contributed by atoms with Gasteiger partial charge in [-0.2, -0.15) is 5.10 Å². The molecule has 1 aromatic heterocycles. The number of fused-ring (bicyclic) bond motifs is 1. The van der Waals surface area contributed by atoms with E-state index in [0.717, 1.165) is 34.6 Å². The van der Waals surface area contributed by atoms with Crippen LogP contribution in [0, 0.1) is 0 Å². The first kappa shape index (κ1) is 22.0. The van der Waals surface area contributed by atoms with E-state index in [0.29, 0.717) is 18.2 Å². The lowest BCUT2D eigenvalue weighted by Gasteiger charge is -2.27. The molecule has 0 saturated heterocycles. The lowest BCUT2D eigenvalue weighted by atomic mass is 9.93. The summed E-state index contributed by atoms with van der Waals surface area (Å²) in [6.45, 7) is 5.01. The molecule has 1 unspecified atom stereocenters. The number of amides is 1. The summed E-state index contributed by atoms with van der Waals surface area (Å²) in [7, 11) is 1.65. The third-order valence-corrected chi connectivity index (χ3v) is 6.63. The first-order chi connectivity index (χ1) is 16.6. The van der Waals surface area contributed by atoms with E-state index < -0.39 is 0 Å². The van der Waals surface area contributed by atoms with Crippen molar-refractivity contribution >= 4 is 5.91 Å². The van der Waals surface area contributed by atoms with Crippen molar-refractivity contribution in [3.05, 3.63) is 107 Å². The molecule has 0 bridgehead atoms. The van der Waals surface area contributed by atoms with Gasteiger partial charge in [0.25, 0.3) is 5.91 Å². The molecule has 172 valence electrons. The maximum atomic E-state index is 13.6. The Bertz CT molecular complexity index is 1280. The number of aromatic nitrogens is 2. The fourth-order valence-corrected chi connectivity index (χ4v) is 4.70. The summed E-state index contributed by atoms with van der Waals surface area (Å²) >= 11 is 0. The van der Waals surface area contributed by atoms with Crippen molar-refractivity contribution in [2.75, 3.05) is 13.7 Å². The van der Waals surface area contributed by atoms with Crippen molar-refractivity contribution in [1.29, 1.82) is 0 Å². The Morgan fingerprint density at radius 3 is 2.32 bits per heavy atom. The highest BCUT2D eigenvalue weighted by molar-refractivity contribution is 6.00. The molecule has 3 aromatic carbocycles. The molecule has 1 aliphatic rings. The monoisotopic (exact) mass is 451 g/mol. The summed E-state index contributed by atoms with van der Waals surface area (Å²) in [5, 5.41) is 7.62. The van der Waals surface area contributed by atoms with Crippen molar-refractivity contribution in [2.24, 2.45) is 0 Å². The SMILES string of the molecule is COc1ccc(-c2n[nH]c3c2C(c2ccc(C(C)C)cc2)N(CCc2ccccc2)C3=O)cc1. The van der Waals surface area contributed by atoms with Gasteiger partial charge in [-0.1, -0.05) is 68.4 Å². The summed E-state index contributed by atoms with van der Waals surface area (Å²) in [4.78, 5) is 15.5. The first-order valence-electron chi connectivity index (χ1n) is 11.7. The highest BCUT2D eigenvalue weighted by Gasteiger charge is 2.41. The molecule has 0 saturated carbocycles. The molecule has 34 heavy (non-hydrogen) atoms. The van der Waals surface area contributed by atoms with Crippen LogP contribution in [0.2, 0.25) is 0 Å². The predicted molar refractivity (Wildman–Crippen MR) is 134 cm³/mol. The number of nitrogens with one attached hydrogen (secondary N) is 1. The third kappa shape index (κ3) is 3.98. The Hall–Kier alpha value is -3.86. The molecule has 1 aliphatic heterocycles. The Morgan fingerprint density at radius 1 is 0.971 bits per heavy atom. The van der Waals surface area contributed by atoms with Crippen LogP contribution in [0.15, 0.2) is 78.9 Å². The summed E-state index contributed by atoms with van der Waals surface area (Å²) in [5.41, 5.74) is 6.89. The van der Waals surface area contributed by atoms with Gasteiger partial charge < -0.3 is 9.64 Å². The Labute approximate surface area is 200 Å². The zero-order valence-electron chi connectivity index (χ0n) is 19.8. The zero-order valence-corrected chi connectivity index (χ0v) is 19.8. The van der Waals surface area contributed by atoms with Crippen molar-refractivity contribution < 1.29 is 9.53 Å². The second-order valence-corrected chi connectivity index (χ2v) is 9.05. The number of carbonyl (C=O) groups excluding carboxylic acids is 1. The van der Waals surface area contributed by atoms with Crippen molar-refractivity contribution in [3.8, 4) is 17.0 Å². The molecule has 5 nitrogen and oxygen atoms in total. The molecule has 0 radical (unpaired) electrons. The van der Waals surface area contributed by atoms with Gasteiger partial charge in [0.05, 0.1) is 18.8 Å². The van der Waals surface area contributed by atoms with E-state index in [-0.39, 0.29) is 11.9 Å². The third-order valence-electron chi connectivity index (χ3n) is 6.63. The summed E-state index contributed by atoms with van der Waals surface area (Å²) < 4.78 is 5.32. The highest BCUT2D eigenvalue weighted by atomic mass is 16.5. The van der Waals surface area contributed by atoms with E-state index in [4.69, 9.17) is 4.74 Å². The van der Waals surface area contributed by atoms with E-state index in [1.54, 1.807) is 7.11 Å². The van der Waals surface area contributed by atoms with Gasteiger partial charge in [0, 0.05) is 17.7 Å². The highest BCUT2D eigenvalue weighted by Crippen LogP contribution is 2.43. The standard InChI is InChI=1S/C29H29N3O2/c1-19(2)21-9-11-23(12-10-21)28-25-26(22-13-15-24(34-3)16-14-22)30-31-27(25)29(33)32(28)18-17-20-7-5-4-6-8-20/h4-16,19,28H,17-18H2,1-3H3,(H,30,31). The number of rotatable bonds is 7. The van der Waals surface area contributed by atoms with Crippen LogP contribution in [0.25, 0.3) is 11.3 Å². The molecular weight excluding hydrogens is 422 g/mol. The fraction of sp³-hybridized carbons (Fsp3) is 0.241. The number of hydrogen-bond donors (Lipinski definition) is 1. The quantitative estimate of drug-likeness (QED) is 0.375. The van der Waals surface area contributed by atoms with Crippen molar-refractivity contribution in [3.63, 3.8) is 0 Å². The minimum Gasteiger partial charge on any atom is -0.497 e. The molecule has 5 rings (SSSR count). The minimum atomic E-state index is -0.191. The maximum Gasteiger partial charge on any atom is 0.273 e. The smallest absolute Gasteiger partial charge is 0.273 e. The van der Waals surface area contributed by atoms with E-state index >= 15 is 0 Å². The average Bonchev–Trinajstić information content (AvgIpc) is 3.42. The van der Waals surface area contributed by atoms with Gasteiger partial charge in [-0.05, 0) is 53.3 Å². The number of methoxy groups -OCH3 is 1. The molecule has 0 spiro atoms. The number of H-pyrrole nitrogens is 1. The van der Waals surface area contributed by atoms with Gasteiger partial charge >= 0.3 is 0 Å². The Balaban J connectivity index is 1.56. The second-order valence-electron chi connectivity index (χ2n) is 9.05. The molecule has 1 atom stereocenters. The minimum absolute atomic E-state index is 0.00358. The fourth-order valence-electron chi connectivity index (χ4n) is 4.70. The normalized spacial score (nSPS) is 15.1. The van der Waals surface area contributed by atoms with Crippen molar-refractivity contribution in [2.45, 2.75) is 32.2 Å². The van der Waals surface area contributed by atoms with Crippen LogP contribution in [-0.2, 0) is 6.42 Å². The molecule has 2 heterocycles. The van der Waals surface area contributed by atoms with Crippen LogP contribution in [0.1, 0.15) is 58.5 Å². The van der Waals surface area contributed by atoms with Crippen molar-refractivity contribution in [1.82, 2.24) is 15.1 Å². The predicted octanol–water partition coefficient (Wildman–Crippen LogP) is 6.00. The molecular formula is C29H29N3O2. The van der Waals surface area contributed by atoms with Crippen LogP contribution in [0.4, 0.5) is 0 Å². The topological polar surface area (TPSA) is 58.2 Å². The molecule has 0 aliphatic carbocycles. The number of carbonyl (C=O) groups is 1. The number of nitrogens with zero attached hydrogens (tertiary/aromatic N) is 2. The van der Waals surface area contributed by atoms with Crippen LogP contribution >= 0.6 is 0 Å². The largest absolute Gasteiger partial charge is 0.497 e. The second kappa shape index (κ2) is 9.18. The van der Waals surface area contributed by atoms with Crippen LogP contribution in [0.3, 0.4) is 0 Å². The number of ether oxygens (including phenoxy) is 1. The van der Waals surface area contributed by atoms with Gasteiger partial charge in [0.15, 0.2) is 0 Å². The maximum absolute atomic E-state index is 13.6. The molecule has 1 amide bonds. The summed E-state index contributed by atoms with van der Waals surface area (Å²) in [6.07, 6.45) is 0.794. The van der Waals surface area contributed by atoms with Gasteiger partial charge in [0.1, 0.15) is 11.4 Å². The number of benzene rings is 3. The first-order valence-corrected chi connectivity index (χ1v) is 11.7. The Morgan fingerprint density at radius 2 is 1.68 bits per heavy atom. The van der Waals surface area contributed by atoms with Gasteiger partial charge in [-0.25, -0.2) is 0 Å². The van der Waals surface area contributed by atoms with Gasteiger partial charge in [-0.3, -0.25) is 9.89 Å². The molecule has 4 aromatic rings. The van der Waals surface area contributed by atoms with Crippen LogP contribution in [0.5, 0.6) is 5.75 Å². The van der Waals surface area contributed by atoms with Crippen LogP contribution < -0.4 is 4.74 Å². The number of aromatic amines is 1. The number of hydrogen-bond acceptors (Lipinski definition) is 3. The lowest BCUT2D eigenvalue weighted by Crippen LogP contribution is -2.31. The lowest BCUT2D eigenvalue weighted by molar-refractivity contribution is 0.0746. The average molecular weight is 452 g/mol. The summed E-state index contributed by atoms with van der Waals surface area (Å²) in [6, 6.07) is 26.6. The van der Waals surface area contributed by atoms with Gasteiger partial charge in [0.2, 0.25) is 0 Å². The van der Waals surface area contributed by atoms with Crippen LogP contribution in [-0.4, -0.2) is 34.7 Å². The van der Waals surface area contributed by atoms with E-state index in [1.165, 1.54) is 11.1 Å². The van der Waals surface area contributed by atoms with E-state index in [1.807, 2.05) is 47.4 Å². The Kier molecular flexibility index (Phi) is 5.93. The molecule has 5 heteroatoms. The molecule has 1 N–H and O–H groups in total. The summed E-state index contributed by atoms with van der Waals surface area (Å²) in [5.74, 6) is 1.24. The van der Waals surface area contributed by atoms with E-state index in [9.17, 15) is 4.79 Å². The van der Waals surface area contributed by atoms with Gasteiger partial charge in [-0.15, -0.1) is 0 Å². The van der Waals surface area contributed by atoms with E-state index in [2.05, 4.69) is 60.4 Å².